The molecule has 0 saturated carbocycles. The fraction of sp³-hybridized carbons (Fsp3) is 0.394. The lowest BCUT2D eigenvalue weighted by atomic mass is 9.90. The van der Waals surface area contributed by atoms with Crippen LogP contribution in [0.5, 0.6) is 5.75 Å². The SMILES string of the molecule is CCCCCCCCCCCCc1ccccc1C(=O)c1cc(OC)ccc1C(=O)c1ccccc1. The van der Waals surface area contributed by atoms with Crippen LogP contribution in [0.2, 0.25) is 0 Å². The maximum Gasteiger partial charge on any atom is 0.194 e. The smallest absolute Gasteiger partial charge is 0.194 e. The van der Waals surface area contributed by atoms with Crippen LogP contribution in [0.1, 0.15) is 109 Å². The molecule has 0 aliphatic heterocycles. The number of benzene rings is 3. The van der Waals surface area contributed by atoms with Gasteiger partial charge in [-0.1, -0.05) is 119 Å². The summed E-state index contributed by atoms with van der Waals surface area (Å²) in [6.07, 6.45) is 13.7. The van der Waals surface area contributed by atoms with Crippen molar-refractivity contribution in [1.29, 1.82) is 0 Å². The molecule has 3 aromatic carbocycles. The Labute approximate surface area is 216 Å². The lowest BCUT2D eigenvalue weighted by Gasteiger charge is -2.13. The van der Waals surface area contributed by atoms with E-state index in [-0.39, 0.29) is 11.6 Å². The minimum Gasteiger partial charge on any atom is -0.497 e. The Morgan fingerprint density at radius 3 is 1.89 bits per heavy atom. The van der Waals surface area contributed by atoms with Gasteiger partial charge in [0.25, 0.3) is 0 Å². The van der Waals surface area contributed by atoms with Crippen LogP contribution in [-0.2, 0) is 6.42 Å². The summed E-state index contributed by atoms with van der Waals surface area (Å²) in [5.74, 6) is 0.278. The quantitative estimate of drug-likeness (QED) is 0.151. The summed E-state index contributed by atoms with van der Waals surface area (Å²) in [6, 6.07) is 22.0. The minimum atomic E-state index is -0.159. The first kappa shape index (κ1) is 27.4. The maximum atomic E-state index is 13.8. The predicted molar refractivity (Wildman–Crippen MR) is 148 cm³/mol. The Balaban J connectivity index is 1.67. The largest absolute Gasteiger partial charge is 0.497 e. The van der Waals surface area contributed by atoms with E-state index in [1.54, 1.807) is 37.4 Å². The van der Waals surface area contributed by atoms with Crippen LogP contribution in [0.25, 0.3) is 0 Å². The first-order valence-corrected chi connectivity index (χ1v) is 13.6. The van der Waals surface area contributed by atoms with E-state index in [1.807, 2.05) is 42.5 Å². The van der Waals surface area contributed by atoms with Crippen LogP contribution >= 0.6 is 0 Å². The van der Waals surface area contributed by atoms with Crippen molar-refractivity contribution in [3.63, 3.8) is 0 Å². The first-order chi connectivity index (χ1) is 17.7. The summed E-state index contributed by atoms with van der Waals surface area (Å²) in [5, 5.41) is 0. The van der Waals surface area contributed by atoms with E-state index < -0.39 is 0 Å². The summed E-state index contributed by atoms with van der Waals surface area (Å²) in [6.45, 7) is 2.26. The van der Waals surface area contributed by atoms with Crippen molar-refractivity contribution in [2.45, 2.75) is 77.6 Å². The molecule has 36 heavy (non-hydrogen) atoms. The van der Waals surface area contributed by atoms with E-state index >= 15 is 0 Å². The lowest BCUT2D eigenvalue weighted by Crippen LogP contribution is -2.13. The van der Waals surface area contributed by atoms with Crippen molar-refractivity contribution in [2.24, 2.45) is 0 Å². The van der Waals surface area contributed by atoms with Crippen LogP contribution in [0.4, 0.5) is 0 Å². The average Bonchev–Trinajstić information content (AvgIpc) is 2.93. The highest BCUT2D eigenvalue weighted by Crippen LogP contribution is 2.25. The van der Waals surface area contributed by atoms with E-state index in [0.29, 0.717) is 28.0 Å². The molecule has 0 aromatic heterocycles. The highest BCUT2D eigenvalue weighted by atomic mass is 16.5. The molecule has 3 heteroatoms. The zero-order valence-corrected chi connectivity index (χ0v) is 21.9. The number of aryl methyl sites for hydroxylation is 1. The molecule has 0 N–H and O–H groups in total. The number of unbranched alkanes of at least 4 members (excludes halogenated alkanes) is 9. The van der Waals surface area contributed by atoms with Crippen LogP contribution in [0.15, 0.2) is 72.8 Å². The van der Waals surface area contributed by atoms with E-state index in [4.69, 9.17) is 4.74 Å². The summed E-state index contributed by atoms with van der Waals surface area (Å²) in [7, 11) is 1.57. The Morgan fingerprint density at radius 2 is 1.22 bits per heavy atom. The molecular formula is C33H40O3. The van der Waals surface area contributed by atoms with Gasteiger partial charge >= 0.3 is 0 Å². The van der Waals surface area contributed by atoms with Crippen LogP contribution in [-0.4, -0.2) is 18.7 Å². The van der Waals surface area contributed by atoms with Gasteiger partial charge in [0.1, 0.15) is 5.75 Å². The minimum absolute atomic E-state index is 0.129. The Kier molecular flexibility index (Phi) is 11.4. The molecule has 3 aromatic rings. The zero-order chi connectivity index (χ0) is 25.6. The van der Waals surface area contributed by atoms with Crippen molar-refractivity contribution in [1.82, 2.24) is 0 Å². The summed E-state index contributed by atoms with van der Waals surface area (Å²) in [4.78, 5) is 27.0. The van der Waals surface area contributed by atoms with Gasteiger partial charge in [-0.2, -0.15) is 0 Å². The van der Waals surface area contributed by atoms with Crippen LogP contribution in [0, 0.1) is 0 Å². The molecule has 0 unspecified atom stereocenters. The van der Waals surface area contributed by atoms with Crippen molar-refractivity contribution in [3.05, 3.63) is 101 Å². The molecule has 0 saturated heterocycles. The summed E-state index contributed by atoms with van der Waals surface area (Å²) >= 11 is 0. The van der Waals surface area contributed by atoms with Gasteiger partial charge in [-0.05, 0) is 36.6 Å². The number of ketones is 2. The number of carbonyl (C=O) groups is 2. The van der Waals surface area contributed by atoms with Gasteiger partial charge < -0.3 is 4.74 Å². The molecule has 0 aliphatic carbocycles. The van der Waals surface area contributed by atoms with Gasteiger partial charge in [0.2, 0.25) is 0 Å². The van der Waals surface area contributed by atoms with Crippen molar-refractivity contribution < 1.29 is 14.3 Å². The molecule has 0 amide bonds. The summed E-state index contributed by atoms with van der Waals surface area (Å²) in [5.41, 5.74) is 3.07. The average molecular weight is 485 g/mol. The Morgan fingerprint density at radius 1 is 0.611 bits per heavy atom. The lowest BCUT2D eigenvalue weighted by molar-refractivity contribution is 0.100. The Hall–Kier alpha value is -3.20. The Bertz CT molecular complexity index is 1100. The fourth-order valence-corrected chi connectivity index (χ4v) is 4.69. The number of rotatable bonds is 16. The molecular weight excluding hydrogens is 444 g/mol. The molecule has 190 valence electrons. The topological polar surface area (TPSA) is 43.4 Å². The zero-order valence-electron chi connectivity index (χ0n) is 21.9. The monoisotopic (exact) mass is 484 g/mol. The third kappa shape index (κ3) is 7.91. The van der Waals surface area contributed by atoms with Crippen molar-refractivity contribution in [3.8, 4) is 5.75 Å². The normalized spacial score (nSPS) is 10.8. The van der Waals surface area contributed by atoms with E-state index in [0.717, 1.165) is 18.4 Å². The number of hydrogen-bond donors (Lipinski definition) is 0. The third-order valence-corrected chi connectivity index (χ3v) is 6.81. The molecule has 0 spiro atoms. The van der Waals surface area contributed by atoms with Gasteiger partial charge in [0.05, 0.1) is 7.11 Å². The molecule has 0 fully saturated rings. The molecule has 0 aliphatic rings. The first-order valence-electron chi connectivity index (χ1n) is 13.6. The second kappa shape index (κ2) is 15.0. The molecule has 0 atom stereocenters. The van der Waals surface area contributed by atoms with Gasteiger partial charge in [-0.25, -0.2) is 0 Å². The molecule has 3 rings (SSSR count). The second-order valence-corrected chi connectivity index (χ2v) is 9.52. The maximum absolute atomic E-state index is 13.8. The van der Waals surface area contributed by atoms with Crippen molar-refractivity contribution in [2.75, 3.05) is 7.11 Å². The number of methoxy groups -OCH3 is 1. The van der Waals surface area contributed by atoms with Crippen LogP contribution in [0.3, 0.4) is 0 Å². The number of ether oxygens (including phenoxy) is 1. The third-order valence-electron chi connectivity index (χ3n) is 6.81. The molecule has 3 nitrogen and oxygen atoms in total. The van der Waals surface area contributed by atoms with Gasteiger partial charge in [0.15, 0.2) is 11.6 Å². The van der Waals surface area contributed by atoms with Gasteiger partial charge in [0, 0.05) is 22.3 Å². The van der Waals surface area contributed by atoms with Crippen molar-refractivity contribution >= 4 is 11.6 Å². The number of carbonyl (C=O) groups excluding carboxylic acids is 2. The second-order valence-electron chi connectivity index (χ2n) is 9.52. The predicted octanol–water partition coefficient (Wildman–Crippen LogP) is 8.62. The van der Waals surface area contributed by atoms with Gasteiger partial charge in [-0.3, -0.25) is 9.59 Å². The molecule has 0 radical (unpaired) electrons. The van der Waals surface area contributed by atoms with E-state index in [9.17, 15) is 9.59 Å². The van der Waals surface area contributed by atoms with E-state index in [2.05, 4.69) is 6.92 Å². The highest BCUT2D eigenvalue weighted by molar-refractivity contribution is 6.20. The molecule has 0 heterocycles. The standard InChI is InChI=1S/C33H40O3/c1-3-4-5-6-7-8-9-10-11-13-18-26-19-16-17-22-29(26)33(35)31-25-28(36-2)23-24-30(31)32(34)27-20-14-12-15-21-27/h12,14-17,19-25H,3-11,13,18H2,1-2H3. The van der Waals surface area contributed by atoms with Crippen LogP contribution < -0.4 is 4.74 Å². The molecule has 0 bridgehead atoms. The highest BCUT2D eigenvalue weighted by Gasteiger charge is 2.22. The fourth-order valence-electron chi connectivity index (χ4n) is 4.69. The number of hydrogen-bond acceptors (Lipinski definition) is 3. The van der Waals surface area contributed by atoms with Gasteiger partial charge in [-0.15, -0.1) is 0 Å². The van der Waals surface area contributed by atoms with E-state index in [1.165, 1.54) is 57.8 Å². The summed E-state index contributed by atoms with van der Waals surface area (Å²) < 4.78 is 5.39.